The summed E-state index contributed by atoms with van der Waals surface area (Å²) >= 11 is 1.79. The lowest BCUT2D eigenvalue weighted by atomic mass is 10.1. The molecule has 4 rings (SSSR count). The average Bonchev–Trinajstić information content (AvgIpc) is 3.26. The number of carbonyl (C=O) groups is 1. The smallest absolute Gasteiger partial charge is 0.253 e. The number of benzene rings is 2. The summed E-state index contributed by atoms with van der Waals surface area (Å²) in [6.07, 6.45) is 0. The molecule has 1 amide bonds. The van der Waals surface area contributed by atoms with Crippen LogP contribution < -0.4 is 4.74 Å². The first-order chi connectivity index (χ1) is 13.8. The molecule has 2 heterocycles. The zero-order valence-corrected chi connectivity index (χ0v) is 16.6. The molecular weight excluding hydrogens is 368 g/mol. The van der Waals surface area contributed by atoms with Gasteiger partial charge in [0.25, 0.3) is 5.91 Å². The Morgan fingerprint density at radius 1 is 0.893 bits per heavy atom. The minimum Gasteiger partial charge on any atom is -0.489 e. The number of amides is 1. The summed E-state index contributed by atoms with van der Waals surface area (Å²) in [4.78, 5) is 18.5. The summed E-state index contributed by atoms with van der Waals surface area (Å²) < 4.78 is 5.81. The average molecular weight is 393 g/mol. The predicted molar refractivity (Wildman–Crippen MR) is 113 cm³/mol. The van der Waals surface area contributed by atoms with Gasteiger partial charge in [-0.2, -0.15) is 0 Å². The maximum atomic E-state index is 12.8. The fourth-order valence-electron chi connectivity index (χ4n) is 3.35. The van der Waals surface area contributed by atoms with Gasteiger partial charge in [0.2, 0.25) is 0 Å². The SMILES string of the molecule is O=C(c1ccc(OCc2ccccc2)cc1)N1CCN(Cc2cccs2)CC1. The van der Waals surface area contributed by atoms with Gasteiger partial charge in [0.1, 0.15) is 12.4 Å². The highest BCUT2D eigenvalue weighted by molar-refractivity contribution is 7.09. The zero-order valence-electron chi connectivity index (χ0n) is 15.8. The van der Waals surface area contributed by atoms with Crippen LogP contribution in [0, 0.1) is 0 Å². The second kappa shape index (κ2) is 9.04. The van der Waals surface area contributed by atoms with E-state index in [0.717, 1.165) is 49.6 Å². The number of ether oxygens (including phenoxy) is 1. The van der Waals surface area contributed by atoms with Crippen molar-refractivity contribution in [3.05, 3.63) is 88.1 Å². The zero-order chi connectivity index (χ0) is 19.2. The molecule has 1 fully saturated rings. The third-order valence-electron chi connectivity index (χ3n) is 4.97. The van der Waals surface area contributed by atoms with Crippen LogP contribution >= 0.6 is 11.3 Å². The lowest BCUT2D eigenvalue weighted by Gasteiger charge is -2.34. The molecule has 4 nitrogen and oxygen atoms in total. The summed E-state index contributed by atoms with van der Waals surface area (Å²) in [5, 5.41) is 2.11. The van der Waals surface area contributed by atoms with Crippen molar-refractivity contribution in [2.75, 3.05) is 26.2 Å². The molecule has 144 valence electrons. The summed E-state index contributed by atoms with van der Waals surface area (Å²) in [7, 11) is 0. The molecule has 0 radical (unpaired) electrons. The first kappa shape index (κ1) is 18.7. The fraction of sp³-hybridized carbons (Fsp3) is 0.261. The largest absolute Gasteiger partial charge is 0.489 e. The molecule has 0 aliphatic carbocycles. The van der Waals surface area contributed by atoms with E-state index in [0.29, 0.717) is 6.61 Å². The molecular formula is C23H24N2O2S. The van der Waals surface area contributed by atoms with Gasteiger partial charge >= 0.3 is 0 Å². The van der Waals surface area contributed by atoms with Crippen LogP contribution in [0.15, 0.2) is 72.1 Å². The monoisotopic (exact) mass is 392 g/mol. The molecule has 1 saturated heterocycles. The van der Waals surface area contributed by atoms with E-state index < -0.39 is 0 Å². The maximum Gasteiger partial charge on any atom is 0.253 e. The van der Waals surface area contributed by atoms with E-state index >= 15 is 0 Å². The van der Waals surface area contributed by atoms with Gasteiger partial charge in [0, 0.05) is 43.2 Å². The van der Waals surface area contributed by atoms with Gasteiger partial charge < -0.3 is 9.64 Å². The molecule has 0 unspecified atom stereocenters. The Labute approximate surface area is 170 Å². The third-order valence-corrected chi connectivity index (χ3v) is 5.83. The van der Waals surface area contributed by atoms with Crippen molar-refractivity contribution in [1.82, 2.24) is 9.80 Å². The first-order valence-corrected chi connectivity index (χ1v) is 10.5. The van der Waals surface area contributed by atoms with Crippen molar-refractivity contribution in [1.29, 1.82) is 0 Å². The van der Waals surface area contributed by atoms with Gasteiger partial charge in [-0.05, 0) is 41.3 Å². The molecule has 1 aromatic heterocycles. The van der Waals surface area contributed by atoms with Crippen LogP contribution in [0.1, 0.15) is 20.8 Å². The van der Waals surface area contributed by atoms with Crippen LogP contribution in [0.4, 0.5) is 0 Å². The number of nitrogens with zero attached hydrogens (tertiary/aromatic N) is 2. The van der Waals surface area contributed by atoms with E-state index in [1.54, 1.807) is 11.3 Å². The molecule has 0 spiro atoms. The molecule has 0 saturated carbocycles. The number of hydrogen-bond donors (Lipinski definition) is 0. The van der Waals surface area contributed by atoms with Gasteiger partial charge in [0.05, 0.1) is 0 Å². The normalized spacial score (nSPS) is 14.8. The topological polar surface area (TPSA) is 32.8 Å². The fourth-order valence-corrected chi connectivity index (χ4v) is 4.10. The molecule has 3 aromatic rings. The van der Waals surface area contributed by atoms with Crippen LogP contribution in [0.2, 0.25) is 0 Å². The predicted octanol–water partition coefficient (Wildman–Crippen LogP) is 4.29. The highest BCUT2D eigenvalue weighted by atomic mass is 32.1. The summed E-state index contributed by atoms with van der Waals surface area (Å²) in [6.45, 7) is 4.89. The second-order valence-electron chi connectivity index (χ2n) is 6.95. The Morgan fingerprint density at radius 2 is 1.64 bits per heavy atom. The van der Waals surface area contributed by atoms with Crippen LogP contribution in [0.3, 0.4) is 0 Å². The van der Waals surface area contributed by atoms with Crippen molar-refractivity contribution >= 4 is 17.2 Å². The summed E-state index contributed by atoms with van der Waals surface area (Å²) in [5.41, 5.74) is 1.85. The van der Waals surface area contributed by atoms with Gasteiger partial charge in [-0.3, -0.25) is 9.69 Å². The molecule has 5 heteroatoms. The van der Waals surface area contributed by atoms with E-state index in [2.05, 4.69) is 22.4 Å². The molecule has 28 heavy (non-hydrogen) atoms. The van der Waals surface area contributed by atoms with E-state index in [1.165, 1.54) is 4.88 Å². The minimum atomic E-state index is 0.102. The van der Waals surface area contributed by atoms with Crippen LogP contribution in [-0.2, 0) is 13.2 Å². The van der Waals surface area contributed by atoms with Crippen LogP contribution in [0.5, 0.6) is 5.75 Å². The van der Waals surface area contributed by atoms with E-state index in [9.17, 15) is 4.79 Å². The Kier molecular flexibility index (Phi) is 6.04. The number of hydrogen-bond acceptors (Lipinski definition) is 4. The van der Waals surface area contributed by atoms with Gasteiger partial charge in [0.15, 0.2) is 0 Å². The maximum absolute atomic E-state index is 12.8. The second-order valence-corrected chi connectivity index (χ2v) is 7.98. The minimum absolute atomic E-state index is 0.102. The van der Waals surface area contributed by atoms with Crippen LogP contribution in [-0.4, -0.2) is 41.9 Å². The number of piperazine rings is 1. The first-order valence-electron chi connectivity index (χ1n) is 9.59. The van der Waals surface area contributed by atoms with Crippen molar-refractivity contribution in [3.8, 4) is 5.75 Å². The van der Waals surface area contributed by atoms with E-state index in [1.807, 2.05) is 59.5 Å². The molecule has 0 atom stereocenters. The Hall–Kier alpha value is -2.63. The highest BCUT2D eigenvalue weighted by Gasteiger charge is 2.22. The van der Waals surface area contributed by atoms with Crippen molar-refractivity contribution in [2.45, 2.75) is 13.2 Å². The van der Waals surface area contributed by atoms with Gasteiger partial charge in [-0.1, -0.05) is 36.4 Å². The number of rotatable bonds is 6. The quantitative estimate of drug-likeness (QED) is 0.628. The van der Waals surface area contributed by atoms with Crippen LogP contribution in [0.25, 0.3) is 0 Å². The molecule has 0 bridgehead atoms. The van der Waals surface area contributed by atoms with Gasteiger partial charge in [-0.25, -0.2) is 0 Å². The lowest BCUT2D eigenvalue weighted by Crippen LogP contribution is -2.48. The van der Waals surface area contributed by atoms with Crippen molar-refractivity contribution in [2.24, 2.45) is 0 Å². The molecule has 1 aliphatic rings. The summed E-state index contributed by atoms with van der Waals surface area (Å²) in [6, 6.07) is 21.8. The van der Waals surface area contributed by atoms with Crippen molar-refractivity contribution in [3.63, 3.8) is 0 Å². The molecule has 2 aromatic carbocycles. The summed E-state index contributed by atoms with van der Waals surface area (Å²) in [5.74, 6) is 0.881. The highest BCUT2D eigenvalue weighted by Crippen LogP contribution is 2.18. The van der Waals surface area contributed by atoms with E-state index in [4.69, 9.17) is 4.74 Å². The van der Waals surface area contributed by atoms with E-state index in [-0.39, 0.29) is 5.91 Å². The molecule has 0 N–H and O–H groups in total. The number of thiophene rings is 1. The Balaban J connectivity index is 1.28. The third kappa shape index (κ3) is 4.80. The number of carbonyl (C=O) groups excluding carboxylic acids is 1. The van der Waals surface area contributed by atoms with Gasteiger partial charge in [-0.15, -0.1) is 11.3 Å². The molecule has 1 aliphatic heterocycles. The van der Waals surface area contributed by atoms with Crippen molar-refractivity contribution < 1.29 is 9.53 Å². The lowest BCUT2D eigenvalue weighted by molar-refractivity contribution is 0.0629. The Morgan fingerprint density at radius 3 is 2.32 bits per heavy atom. The Bertz CT molecular complexity index is 871. The standard InChI is InChI=1S/C23H24N2O2S/c26-23(25-14-12-24(13-15-25)17-22-7-4-16-28-22)20-8-10-21(11-9-20)27-18-19-5-2-1-3-6-19/h1-11,16H,12-15,17-18H2.